The number of furan rings is 1. The molecule has 0 atom stereocenters. The van der Waals surface area contributed by atoms with E-state index in [-0.39, 0.29) is 12.4 Å². The van der Waals surface area contributed by atoms with Gasteiger partial charge in [0.25, 0.3) is 0 Å². The predicted molar refractivity (Wildman–Crippen MR) is 103 cm³/mol. The Hall–Kier alpha value is -2.93. The Morgan fingerprint density at radius 1 is 1.21 bits per heavy atom. The molecule has 0 bridgehead atoms. The fourth-order valence-corrected chi connectivity index (χ4v) is 2.47. The van der Waals surface area contributed by atoms with Gasteiger partial charge in [-0.05, 0) is 42.3 Å². The van der Waals surface area contributed by atoms with Crippen LogP contribution in [0.4, 0.5) is 0 Å². The van der Waals surface area contributed by atoms with E-state index in [2.05, 4.69) is 4.74 Å². The molecule has 8 heteroatoms. The molecular weight excluding hydrogens is 388 g/mol. The molecule has 0 radical (unpaired) electrons. The average molecular weight is 409 g/mol. The van der Waals surface area contributed by atoms with Crippen LogP contribution in [0.5, 0.6) is 11.5 Å². The lowest BCUT2D eigenvalue weighted by Crippen LogP contribution is -2.01. The van der Waals surface area contributed by atoms with E-state index in [1.54, 1.807) is 18.2 Å². The molecule has 1 heterocycles. The Kier molecular flexibility index (Phi) is 7.95. The van der Waals surface area contributed by atoms with Gasteiger partial charge in [0.1, 0.15) is 12.4 Å². The molecule has 0 unspecified atom stereocenters. The summed E-state index contributed by atoms with van der Waals surface area (Å²) in [5.41, 5.74) is 0.647. The summed E-state index contributed by atoms with van der Waals surface area (Å²) in [6, 6.07) is 6.34. The summed E-state index contributed by atoms with van der Waals surface area (Å²) < 4.78 is 25.7. The van der Waals surface area contributed by atoms with Gasteiger partial charge < -0.3 is 23.4 Å². The van der Waals surface area contributed by atoms with Crippen molar-refractivity contribution in [3.05, 3.63) is 52.4 Å². The molecular formula is C20H21ClO7. The van der Waals surface area contributed by atoms with Crippen molar-refractivity contribution in [3.63, 3.8) is 0 Å². The number of benzene rings is 1. The maximum atomic E-state index is 11.9. The van der Waals surface area contributed by atoms with Crippen molar-refractivity contribution < 1.29 is 33.0 Å². The van der Waals surface area contributed by atoms with Gasteiger partial charge in [0, 0.05) is 6.08 Å². The summed E-state index contributed by atoms with van der Waals surface area (Å²) in [5.74, 6) is 0.109. The first kappa shape index (κ1) is 21.4. The molecule has 0 saturated carbocycles. The van der Waals surface area contributed by atoms with E-state index < -0.39 is 11.9 Å². The molecule has 28 heavy (non-hydrogen) atoms. The van der Waals surface area contributed by atoms with E-state index in [0.29, 0.717) is 34.5 Å². The van der Waals surface area contributed by atoms with Gasteiger partial charge in [-0.3, -0.25) is 0 Å². The second-order valence-electron chi connectivity index (χ2n) is 5.58. The zero-order chi connectivity index (χ0) is 20.5. The van der Waals surface area contributed by atoms with Gasteiger partial charge in [-0.25, -0.2) is 9.59 Å². The van der Waals surface area contributed by atoms with Crippen molar-refractivity contribution in [2.75, 3.05) is 20.8 Å². The first-order valence-corrected chi connectivity index (χ1v) is 8.88. The Morgan fingerprint density at radius 3 is 2.68 bits per heavy atom. The average Bonchev–Trinajstić information content (AvgIpc) is 3.18. The lowest BCUT2D eigenvalue weighted by Gasteiger charge is -2.12. The standard InChI is InChI=1S/C20H21ClO7/c1-4-9-26-19-15(21)10-13(11-17(19)24-2)5-8-18(22)27-12-14-6-7-16(28-14)20(23)25-3/h5-8,10-11H,4,9,12H2,1-3H3/b8-5+. The summed E-state index contributed by atoms with van der Waals surface area (Å²) in [4.78, 5) is 23.2. The highest BCUT2D eigenvalue weighted by molar-refractivity contribution is 6.32. The van der Waals surface area contributed by atoms with Gasteiger partial charge in [-0.2, -0.15) is 0 Å². The summed E-state index contributed by atoms with van der Waals surface area (Å²) >= 11 is 6.24. The number of carbonyl (C=O) groups excluding carboxylic acids is 2. The number of methoxy groups -OCH3 is 2. The quantitative estimate of drug-likeness (QED) is 0.452. The third kappa shape index (κ3) is 5.79. The van der Waals surface area contributed by atoms with Crippen LogP contribution in [-0.4, -0.2) is 32.8 Å². The highest BCUT2D eigenvalue weighted by atomic mass is 35.5. The Balaban J connectivity index is 1.98. The fourth-order valence-electron chi connectivity index (χ4n) is 2.20. The van der Waals surface area contributed by atoms with Crippen molar-refractivity contribution in [3.8, 4) is 11.5 Å². The Morgan fingerprint density at radius 2 is 2.00 bits per heavy atom. The minimum atomic E-state index is -0.602. The van der Waals surface area contributed by atoms with E-state index in [4.69, 9.17) is 30.2 Å². The summed E-state index contributed by atoms with van der Waals surface area (Å²) in [7, 11) is 2.76. The third-order valence-electron chi connectivity index (χ3n) is 3.52. The van der Waals surface area contributed by atoms with Gasteiger partial charge in [-0.15, -0.1) is 0 Å². The summed E-state index contributed by atoms with van der Waals surface area (Å²) in [6.45, 7) is 2.39. The molecule has 7 nitrogen and oxygen atoms in total. The molecule has 0 aliphatic rings. The fraction of sp³-hybridized carbons (Fsp3) is 0.300. The van der Waals surface area contributed by atoms with Gasteiger partial charge in [0.05, 0.1) is 25.8 Å². The molecule has 2 rings (SSSR count). The highest BCUT2D eigenvalue weighted by Gasteiger charge is 2.13. The number of halogens is 1. The molecule has 0 N–H and O–H groups in total. The van der Waals surface area contributed by atoms with Gasteiger partial charge in [-0.1, -0.05) is 18.5 Å². The molecule has 1 aromatic heterocycles. The van der Waals surface area contributed by atoms with Crippen LogP contribution in [0.25, 0.3) is 6.08 Å². The molecule has 0 aliphatic heterocycles. The summed E-state index contributed by atoms with van der Waals surface area (Å²) in [6.07, 6.45) is 3.63. The molecule has 150 valence electrons. The molecule has 0 fully saturated rings. The van der Waals surface area contributed by atoms with Gasteiger partial charge in [0.15, 0.2) is 11.5 Å². The maximum absolute atomic E-state index is 11.9. The van der Waals surface area contributed by atoms with E-state index >= 15 is 0 Å². The van der Waals surface area contributed by atoms with Crippen LogP contribution in [0, 0.1) is 0 Å². The lowest BCUT2D eigenvalue weighted by atomic mass is 10.2. The first-order chi connectivity index (χ1) is 13.5. The van der Waals surface area contributed by atoms with E-state index in [1.807, 2.05) is 6.92 Å². The minimum Gasteiger partial charge on any atom is -0.493 e. The lowest BCUT2D eigenvalue weighted by molar-refractivity contribution is -0.139. The van der Waals surface area contributed by atoms with Gasteiger partial charge in [0.2, 0.25) is 5.76 Å². The van der Waals surface area contributed by atoms with E-state index in [0.717, 1.165) is 6.42 Å². The minimum absolute atomic E-state index is 0.0382. The van der Waals surface area contributed by atoms with Crippen LogP contribution in [-0.2, 0) is 20.9 Å². The SMILES string of the molecule is CCCOc1c(Cl)cc(/C=C/C(=O)OCc2ccc(C(=O)OC)o2)cc1OC. The second-order valence-corrected chi connectivity index (χ2v) is 5.99. The van der Waals surface area contributed by atoms with Crippen LogP contribution in [0.3, 0.4) is 0 Å². The number of ether oxygens (including phenoxy) is 4. The molecule has 1 aromatic carbocycles. The molecule has 0 spiro atoms. The van der Waals surface area contributed by atoms with Gasteiger partial charge >= 0.3 is 11.9 Å². The normalized spacial score (nSPS) is 10.7. The number of hydrogen-bond acceptors (Lipinski definition) is 7. The predicted octanol–water partition coefficient (Wildman–Crippen LogP) is 4.27. The van der Waals surface area contributed by atoms with Crippen molar-refractivity contribution in [1.82, 2.24) is 0 Å². The molecule has 2 aromatic rings. The topological polar surface area (TPSA) is 84.2 Å². The van der Waals surface area contributed by atoms with Crippen LogP contribution < -0.4 is 9.47 Å². The number of carbonyl (C=O) groups is 2. The molecule has 0 saturated heterocycles. The van der Waals surface area contributed by atoms with E-state index in [9.17, 15) is 9.59 Å². The Labute approximate surface area is 167 Å². The zero-order valence-corrected chi connectivity index (χ0v) is 16.6. The van der Waals surface area contributed by atoms with Crippen molar-refractivity contribution in [2.24, 2.45) is 0 Å². The summed E-state index contributed by atoms with van der Waals surface area (Å²) in [5, 5.41) is 0.381. The van der Waals surface area contributed by atoms with Crippen LogP contribution in [0.15, 0.2) is 34.8 Å². The van der Waals surface area contributed by atoms with Crippen molar-refractivity contribution >= 4 is 29.6 Å². The highest BCUT2D eigenvalue weighted by Crippen LogP contribution is 2.36. The zero-order valence-electron chi connectivity index (χ0n) is 15.8. The smallest absolute Gasteiger partial charge is 0.373 e. The Bertz CT molecular complexity index is 854. The largest absolute Gasteiger partial charge is 0.493 e. The second kappa shape index (κ2) is 10.4. The number of esters is 2. The molecule has 0 aliphatic carbocycles. The van der Waals surface area contributed by atoms with Crippen LogP contribution in [0.1, 0.15) is 35.2 Å². The number of hydrogen-bond donors (Lipinski definition) is 0. The van der Waals surface area contributed by atoms with Crippen LogP contribution in [0.2, 0.25) is 5.02 Å². The van der Waals surface area contributed by atoms with Crippen LogP contribution >= 0.6 is 11.6 Å². The monoisotopic (exact) mass is 408 g/mol. The molecule has 0 amide bonds. The third-order valence-corrected chi connectivity index (χ3v) is 3.80. The maximum Gasteiger partial charge on any atom is 0.373 e. The number of rotatable bonds is 9. The van der Waals surface area contributed by atoms with Crippen molar-refractivity contribution in [1.29, 1.82) is 0 Å². The van der Waals surface area contributed by atoms with Crippen molar-refractivity contribution in [2.45, 2.75) is 20.0 Å². The first-order valence-electron chi connectivity index (χ1n) is 8.50. The van der Waals surface area contributed by atoms with E-state index in [1.165, 1.54) is 32.4 Å².